The topological polar surface area (TPSA) is 40.6 Å². The van der Waals surface area contributed by atoms with Gasteiger partial charge in [-0.3, -0.25) is 9.59 Å². The molecule has 26 heavy (non-hydrogen) atoms. The number of carbonyl (C=O) groups excluding carboxylic acids is 2. The molecule has 1 aromatic rings. The van der Waals surface area contributed by atoms with Crippen molar-refractivity contribution in [1.82, 2.24) is 9.80 Å². The van der Waals surface area contributed by atoms with Crippen LogP contribution in [-0.4, -0.2) is 47.7 Å². The first-order chi connectivity index (χ1) is 12.3. The molecular formula is C22H30N2O2. The van der Waals surface area contributed by atoms with E-state index in [2.05, 4.69) is 32.3 Å². The predicted molar refractivity (Wildman–Crippen MR) is 105 cm³/mol. The van der Waals surface area contributed by atoms with Gasteiger partial charge in [-0.05, 0) is 37.4 Å². The molecule has 0 saturated carbocycles. The van der Waals surface area contributed by atoms with Crippen molar-refractivity contribution in [3.63, 3.8) is 0 Å². The molecule has 1 saturated heterocycles. The Balaban J connectivity index is 1.48. The maximum Gasteiger partial charge on any atom is 0.258 e. The highest BCUT2D eigenvalue weighted by Gasteiger charge is 2.32. The normalized spacial score (nSPS) is 19.1. The highest BCUT2D eigenvalue weighted by molar-refractivity contribution is 6.08. The molecule has 0 aliphatic carbocycles. The summed E-state index contributed by atoms with van der Waals surface area (Å²) in [7, 11) is 0. The minimum absolute atomic E-state index is 0.0563. The molecule has 1 aromatic carbocycles. The van der Waals surface area contributed by atoms with Gasteiger partial charge in [-0.25, -0.2) is 0 Å². The summed E-state index contributed by atoms with van der Waals surface area (Å²) in [4.78, 5) is 29.1. The first-order valence-electron chi connectivity index (χ1n) is 9.61. The Morgan fingerprint density at radius 2 is 1.73 bits per heavy atom. The van der Waals surface area contributed by atoms with Gasteiger partial charge in [0.1, 0.15) is 5.78 Å². The number of hydrogen-bond acceptors (Lipinski definition) is 3. The molecule has 2 heterocycles. The molecule has 0 N–H and O–H groups in total. The van der Waals surface area contributed by atoms with Gasteiger partial charge in [-0.2, -0.15) is 0 Å². The number of nitrogens with zero attached hydrogens (tertiary/aromatic N) is 2. The lowest BCUT2D eigenvalue weighted by atomic mass is 9.82. The molecule has 2 aliphatic heterocycles. The third-order valence-corrected chi connectivity index (χ3v) is 5.43. The number of Topliss-reactive ketones (excluding diaryl/α,β-unsaturated/α-hetero) is 1. The number of amides is 1. The van der Waals surface area contributed by atoms with Crippen molar-refractivity contribution in [2.75, 3.05) is 26.2 Å². The Morgan fingerprint density at radius 3 is 2.31 bits per heavy atom. The van der Waals surface area contributed by atoms with Crippen LogP contribution in [-0.2, 0) is 4.79 Å². The van der Waals surface area contributed by atoms with E-state index in [0.29, 0.717) is 18.7 Å². The lowest BCUT2D eigenvalue weighted by molar-refractivity contribution is -0.126. The van der Waals surface area contributed by atoms with Crippen LogP contribution in [0.25, 0.3) is 5.70 Å². The smallest absolute Gasteiger partial charge is 0.258 e. The highest BCUT2D eigenvalue weighted by Crippen LogP contribution is 2.31. The molecule has 1 fully saturated rings. The van der Waals surface area contributed by atoms with Crippen LogP contribution < -0.4 is 0 Å². The Bertz CT molecular complexity index is 674. The largest absolute Gasteiger partial charge is 0.307 e. The molecule has 0 radical (unpaired) electrons. The Morgan fingerprint density at radius 1 is 1.12 bits per heavy atom. The summed E-state index contributed by atoms with van der Waals surface area (Å²) in [6, 6.07) is 7.67. The minimum atomic E-state index is 0.0563. The van der Waals surface area contributed by atoms with E-state index in [1.54, 1.807) is 4.90 Å². The fourth-order valence-corrected chi connectivity index (χ4v) is 3.96. The van der Waals surface area contributed by atoms with E-state index < -0.39 is 0 Å². The Kier molecular flexibility index (Phi) is 5.33. The second kappa shape index (κ2) is 7.36. The molecule has 1 amide bonds. The van der Waals surface area contributed by atoms with Gasteiger partial charge in [-0.1, -0.05) is 45.5 Å². The van der Waals surface area contributed by atoms with Gasteiger partial charge in [0.25, 0.3) is 5.91 Å². The van der Waals surface area contributed by atoms with Crippen LogP contribution in [0.4, 0.5) is 0 Å². The molecule has 0 unspecified atom stereocenters. The number of carbonyl (C=O) groups is 2. The molecule has 4 nitrogen and oxygen atoms in total. The Hall–Kier alpha value is -1.94. The van der Waals surface area contributed by atoms with E-state index in [0.717, 1.165) is 49.3 Å². The number of likely N-dealkylation sites (tertiary alicyclic amines) is 1. The number of benzene rings is 1. The van der Waals surface area contributed by atoms with Gasteiger partial charge in [0.05, 0.1) is 0 Å². The van der Waals surface area contributed by atoms with Crippen molar-refractivity contribution in [3.8, 4) is 0 Å². The van der Waals surface area contributed by atoms with Crippen molar-refractivity contribution in [3.05, 3.63) is 42.0 Å². The van der Waals surface area contributed by atoms with Crippen LogP contribution in [0.15, 0.2) is 30.8 Å². The second-order valence-electron chi connectivity index (χ2n) is 8.77. The minimum Gasteiger partial charge on any atom is -0.307 e. The van der Waals surface area contributed by atoms with Gasteiger partial charge >= 0.3 is 0 Å². The Labute approximate surface area is 156 Å². The van der Waals surface area contributed by atoms with Crippen molar-refractivity contribution >= 4 is 17.4 Å². The van der Waals surface area contributed by atoms with Crippen LogP contribution in [0.3, 0.4) is 0 Å². The quantitative estimate of drug-likeness (QED) is 0.807. The van der Waals surface area contributed by atoms with Crippen LogP contribution in [0.1, 0.15) is 56.0 Å². The number of rotatable bonds is 5. The van der Waals surface area contributed by atoms with E-state index in [9.17, 15) is 9.59 Å². The number of piperidine rings is 1. The summed E-state index contributed by atoms with van der Waals surface area (Å²) in [5.41, 5.74) is 2.58. The summed E-state index contributed by atoms with van der Waals surface area (Å²) in [5, 5.41) is 0. The van der Waals surface area contributed by atoms with Crippen molar-refractivity contribution in [2.45, 2.75) is 40.0 Å². The second-order valence-corrected chi connectivity index (χ2v) is 8.77. The average molecular weight is 354 g/mol. The molecule has 140 valence electrons. The van der Waals surface area contributed by atoms with Gasteiger partial charge in [0, 0.05) is 42.3 Å². The summed E-state index contributed by atoms with van der Waals surface area (Å²) < 4.78 is 0. The maximum absolute atomic E-state index is 12.6. The SMILES string of the molecule is C=C1c2ccccc2C(=O)N1CCN1CCC(C(=O)CC(C)(C)C)CC1. The number of hydrogen-bond donors (Lipinski definition) is 0. The van der Waals surface area contributed by atoms with Crippen molar-refractivity contribution < 1.29 is 9.59 Å². The molecule has 0 bridgehead atoms. The third-order valence-electron chi connectivity index (χ3n) is 5.43. The standard InChI is InChI=1S/C22H30N2O2/c1-16-18-7-5-6-8-19(18)21(26)24(16)14-13-23-11-9-17(10-12-23)20(25)15-22(2,3)4/h5-8,17H,1,9-15H2,2-4H3. The zero-order valence-electron chi connectivity index (χ0n) is 16.3. The molecule has 0 atom stereocenters. The van der Waals surface area contributed by atoms with Gasteiger partial charge < -0.3 is 9.80 Å². The fraction of sp³-hybridized carbons (Fsp3) is 0.545. The first kappa shape index (κ1) is 18.8. The maximum atomic E-state index is 12.6. The van der Waals surface area contributed by atoms with Crippen molar-refractivity contribution in [2.24, 2.45) is 11.3 Å². The number of ketones is 1. The lowest BCUT2D eigenvalue weighted by Gasteiger charge is -2.33. The number of fused-ring (bicyclic) bond motifs is 1. The zero-order valence-corrected chi connectivity index (χ0v) is 16.3. The predicted octanol–water partition coefficient (Wildman–Crippen LogP) is 3.83. The first-order valence-corrected chi connectivity index (χ1v) is 9.61. The van der Waals surface area contributed by atoms with E-state index in [1.165, 1.54) is 0 Å². The van der Waals surface area contributed by atoms with E-state index in [-0.39, 0.29) is 17.2 Å². The average Bonchev–Trinajstić information content (AvgIpc) is 2.83. The highest BCUT2D eigenvalue weighted by atomic mass is 16.2. The summed E-state index contributed by atoms with van der Waals surface area (Å²) in [6.07, 6.45) is 2.53. The summed E-state index contributed by atoms with van der Waals surface area (Å²) in [6.45, 7) is 13.8. The van der Waals surface area contributed by atoms with E-state index >= 15 is 0 Å². The van der Waals surface area contributed by atoms with Gasteiger partial charge in [0.2, 0.25) is 0 Å². The molecule has 0 spiro atoms. The summed E-state index contributed by atoms with van der Waals surface area (Å²) in [5.74, 6) is 0.676. The summed E-state index contributed by atoms with van der Waals surface area (Å²) >= 11 is 0. The van der Waals surface area contributed by atoms with Crippen molar-refractivity contribution in [1.29, 1.82) is 0 Å². The molecule has 0 aromatic heterocycles. The van der Waals surface area contributed by atoms with Crippen LogP contribution >= 0.6 is 0 Å². The molecule has 2 aliphatic rings. The van der Waals surface area contributed by atoms with Gasteiger partial charge in [0.15, 0.2) is 0 Å². The van der Waals surface area contributed by atoms with E-state index in [4.69, 9.17) is 0 Å². The zero-order chi connectivity index (χ0) is 18.9. The van der Waals surface area contributed by atoms with Crippen LogP contribution in [0.5, 0.6) is 0 Å². The van der Waals surface area contributed by atoms with Gasteiger partial charge in [-0.15, -0.1) is 0 Å². The van der Waals surface area contributed by atoms with Crippen LogP contribution in [0.2, 0.25) is 0 Å². The fourth-order valence-electron chi connectivity index (χ4n) is 3.96. The van der Waals surface area contributed by atoms with Crippen LogP contribution in [0, 0.1) is 11.3 Å². The third kappa shape index (κ3) is 4.07. The molecule has 3 rings (SSSR count). The molecule has 4 heteroatoms. The monoisotopic (exact) mass is 354 g/mol. The molecular weight excluding hydrogens is 324 g/mol. The van der Waals surface area contributed by atoms with E-state index in [1.807, 2.05) is 24.3 Å². The lowest BCUT2D eigenvalue weighted by Crippen LogP contribution is -2.41.